The minimum atomic E-state index is -1.72. The van der Waals surface area contributed by atoms with Gasteiger partial charge in [-0.05, 0) is 36.2 Å². The van der Waals surface area contributed by atoms with Crippen molar-refractivity contribution < 1.29 is 9.22 Å². The van der Waals surface area contributed by atoms with Crippen LogP contribution in [0.15, 0.2) is 11.6 Å². The van der Waals surface area contributed by atoms with Crippen molar-refractivity contribution in [2.24, 2.45) is 0 Å². The number of alkyl halides is 2. The molecule has 0 aromatic carbocycles. The van der Waals surface area contributed by atoms with Crippen LogP contribution in [0.5, 0.6) is 0 Å². The van der Waals surface area contributed by atoms with Crippen molar-refractivity contribution in [2.45, 2.75) is 49.7 Å². The third-order valence-corrected chi connectivity index (χ3v) is 9.05. The molecule has 0 bridgehead atoms. The van der Waals surface area contributed by atoms with E-state index in [2.05, 4.69) is 33.9 Å². The van der Waals surface area contributed by atoms with Gasteiger partial charge < -0.3 is 4.43 Å². The maximum atomic E-state index is 11.1. The lowest BCUT2D eigenvalue weighted by atomic mass is 9.93. The van der Waals surface area contributed by atoms with Crippen LogP contribution in [0.1, 0.15) is 27.2 Å². The van der Waals surface area contributed by atoms with Crippen LogP contribution in [0.2, 0.25) is 18.1 Å². The molecule has 0 spiro atoms. The normalized spacial score (nSPS) is 19.9. The molecule has 2 nitrogen and oxygen atoms in total. The van der Waals surface area contributed by atoms with Crippen molar-refractivity contribution in [3.8, 4) is 0 Å². The maximum absolute atomic E-state index is 11.1. The van der Waals surface area contributed by atoms with E-state index >= 15 is 0 Å². The monoisotopic (exact) mass is 294 g/mol. The molecule has 0 aliphatic heterocycles. The lowest BCUT2D eigenvalue weighted by Gasteiger charge is -2.37. The van der Waals surface area contributed by atoms with Gasteiger partial charge in [-0.2, -0.15) is 0 Å². The molecule has 0 amide bonds. The zero-order valence-corrected chi connectivity index (χ0v) is 13.6. The Kier molecular flexibility index (Phi) is 4.20. The Labute approximate surface area is 114 Å². The van der Waals surface area contributed by atoms with E-state index in [-0.39, 0.29) is 10.8 Å². The van der Waals surface area contributed by atoms with E-state index in [1.807, 2.05) is 0 Å². The molecule has 1 rings (SSSR count). The predicted octanol–water partition coefficient (Wildman–Crippen LogP) is 4.08. The number of allylic oxidation sites excluding steroid dienone is 1. The van der Waals surface area contributed by atoms with Gasteiger partial charge in [0.15, 0.2) is 14.1 Å². The summed E-state index contributed by atoms with van der Waals surface area (Å²) in [5.74, 6) is -0.219. The number of rotatable bonds is 4. The second-order valence-electron chi connectivity index (χ2n) is 5.97. The van der Waals surface area contributed by atoms with Crippen molar-refractivity contribution in [3.63, 3.8) is 0 Å². The van der Waals surface area contributed by atoms with E-state index in [4.69, 9.17) is 27.6 Å². The molecule has 98 valence electrons. The van der Waals surface area contributed by atoms with Crippen molar-refractivity contribution in [1.29, 1.82) is 0 Å². The fourth-order valence-corrected chi connectivity index (χ4v) is 2.73. The maximum Gasteiger partial charge on any atom is 0.201 e. The molecule has 0 unspecified atom stereocenters. The van der Waals surface area contributed by atoms with Crippen LogP contribution in [-0.2, 0) is 9.22 Å². The summed E-state index contributed by atoms with van der Waals surface area (Å²) < 4.78 is 4.70. The van der Waals surface area contributed by atoms with Crippen molar-refractivity contribution in [3.05, 3.63) is 11.6 Å². The number of hydrogen-bond donors (Lipinski definition) is 0. The van der Waals surface area contributed by atoms with Gasteiger partial charge in [0.2, 0.25) is 4.33 Å². The second-order valence-corrected chi connectivity index (χ2v) is 12.1. The summed E-state index contributed by atoms with van der Waals surface area (Å²) in [6.07, 6.45) is 2.14. The quantitative estimate of drug-likeness (QED) is 0.577. The first-order valence-corrected chi connectivity index (χ1v) is 9.42. The first-order valence-electron chi connectivity index (χ1n) is 5.76. The lowest BCUT2D eigenvalue weighted by Crippen LogP contribution is -2.42. The predicted molar refractivity (Wildman–Crippen MR) is 75.3 cm³/mol. The third-order valence-electron chi connectivity index (χ3n) is 3.66. The van der Waals surface area contributed by atoms with Crippen molar-refractivity contribution >= 4 is 37.3 Å². The molecule has 17 heavy (non-hydrogen) atoms. The highest BCUT2D eigenvalue weighted by Gasteiger charge is 2.44. The molecule has 0 aromatic rings. The topological polar surface area (TPSA) is 26.3 Å². The summed E-state index contributed by atoms with van der Waals surface area (Å²) in [6, 6.07) is 0. The zero-order valence-electron chi connectivity index (χ0n) is 11.1. The Morgan fingerprint density at radius 2 is 1.88 bits per heavy atom. The average molecular weight is 295 g/mol. The molecule has 0 N–H and O–H groups in total. The molecular formula is C12H20Cl2O2Si. The highest BCUT2D eigenvalue weighted by atomic mass is 35.5. The van der Waals surface area contributed by atoms with Crippen LogP contribution >= 0.6 is 23.2 Å². The van der Waals surface area contributed by atoms with E-state index in [9.17, 15) is 4.79 Å². The second kappa shape index (κ2) is 4.69. The minimum Gasteiger partial charge on any atom is -0.417 e. The molecule has 0 saturated heterocycles. The fourth-order valence-electron chi connectivity index (χ4n) is 1.28. The van der Waals surface area contributed by atoms with Crippen LogP contribution in [0.4, 0.5) is 0 Å². The molecule has 0 radical (unpaired) electrons. The van der Waals surface area contributed by atoms with Gasteiger partial charge in [-0.1, -0.05) is 44.0 Å². The van der Waals surface area contributed by atoms with Gasteiger partial charge in [-0.25, -0.2) is 0 Å². The Hall–Kier alpha value is 0.167. The Bertz CT molecular complexity index is 354. The van der Waals surface area contributed by atoms with Gasteiger partial charge >= 0.3 is 0 Å². The summed E-state index contributed by atoms with van der Waals surface area (Å²) in [6.45, 7) is 11.6. The first-order chi connectivity index (χ1) is 7.48. The van der Waals surface area contributed by atoms with Crippen LogP contribution in [0, 0.1) is 0 Å². The Balaban J connectivity index is 2.46. The summed E-state index contributed by atoms with van der Waals surface area (Å²) in [7, 11) is -1.72. The molecule has 5 heteroatoms. The third kappa shape index (κ3) is 3.14. The Morgan fingerprint density at radius 1 is 1.35 bits per heavy atom. The number of carbonyl (C=O) groups is 1. The molecule has 0 heterocycles. The first kappa shape index (κ1) is 15.2. The number of ketones is 1. The van der Waals surface area contributed by atoms with Crippen molar-refractivity contribution in [2.75, 3.05) is 6.61 Å². The smallest absolute Gasteiger partial charge is 0.201 e. The SMILES string of the molecule is CC(C)(C)[Si](C)(C)OCCC1=CC(=O)C1(Cl)Cl. The molecule has 0 fully saturated rings. The number of carbonyl (C=O) groups excluding carboxylic acids is 1. The van der Waals surface area contributed by atoms with Crippen molar-refractivity contribution in [1.82, 2.24) is 0 Å². The zero-order chi connectivity index (χ0) is 13.5. The largest absolute Gasteiger partial charge is 0.417 e. The lowest BCUT2D eigenvalue weighted by molar-refractivity contribution is -0.116. The molecule has 0 aromatic heterocycles. The van der Waals surface area contributed by atoms with Gasteiger partial charge in [0.1, 0.15) is 0 Å². The molecular weight excluding hydrogens is 275 g/mol. The Morgan fingerprint density at radius 3 is 2.24 bits per heavy atom. The minimum absolute atomic E-state index is 0.190. The van der Waals surface area contributed by atoms with Crippen LogP contribution in [0.3, 0.4) is 0 Å². The molecule has 1 aliphatic carbocycles. The van der Waals surface area contributed by atoms with Gasteiger partial charge in [-0.3, -0.25) is 4.79 Å². The fraction of sp³-hybridized carbons (Fsp3) is 0.750. The van der Waals surface area contributed by atoms with Crippen LogP contribution < -0.4 is 0 Å². The van der Waals surface area contributed by atoms with Crippen LogP contribution in [0.25, 0.3) is 0 Å². The molecule has 0 saturated carbocycles. The van der Waals surface area contributed by atoms with E-state index in [1.165, 1.54) is 6.08 Å². The highest BCUT2D eigenvalue weighted by molar-refractivity contribution is 6.74. The summed E-state index contributed by atoms with van der Waals surface area (Å²) in [5.41, 5.74) is 0.768. The summed E-state index contributed by atoms with van der Waals surface area (Å²) >= 11 is 11.7. The van der Waals surface area contributed by atoms with E-state index < -0.39 is 12.7 Å². The number of halogens is 2. The highest BCUT2D eigenvalue weighted by Crippen LogP contribution is 2.42. The van der Waals surface area contributed by atoms with E-state index in [0.29, 0.717) is 13.0 Å². The summed E-state index contributed by atoms with van der Waals surface area (Å²) in [4.78, 5) is 11.1. The van der Waals surface area contributed by atoms with E-state index in [1.54, 1.807) is 0 Å². The van der Waals surface area contributed by atoms with Gasteiger partial charge in [-0.15, -0.1) is 0 Å². The van der Waals surface area contributed by atoms with Gasteiger partial charge in [0.25, 0.3) is 0 Å². The van der Waals surface area contributed by atoms with Crippen LogP contribution in [-0.4, -0.2) is 25.0 Å². The van der Waals surface area contributed by atoms with Gasteiger partial charge in [0.05, 0.1) is 0 Å². The average Bonchev–Trinajstić information content (AvgIpc) is 2.14. The summed E-state index contributed by atoms with van der Waals surface area (Å²) in [5, 5.41) is 0.190. The standard InChI is InChI=1S/C12H20Cl2O2Si/c1-11(2,3)17(4,5)16-7-6-9-8-10(15)12(9,13)14/h8H,6-7H2,1-5H3. The number of hydrogen-bond acceptors (Lipinski definition) is 2. The molecule has 1 aliphatic rings. The van der Waals surface area contributed by atoms with E-state index in [0.717, 1.165) is 5.57 Å². The molecule has 0 atom stereocenters. The van der Waals surface area contributed by atoms with Gasteiger partial charge in [0, 0.05) is 6.61 Å².